The molecule has 0 saturated heterocycles. The number of rotatable bonds is 3. The molecule has 0 saturated carbocycles. The molecule has 22 heavy (non-hydrogen) atoms. The van der Waals surface area contributed by atoms with Gasteiger partial charge in [-0.2, -0.15) is 0 Å². The molecule has 0 aliphatic carbocycles. The molecule has 2 N–H and O–H groups in total. The Morgan fingerprint density at radius 2 is 2.05 bits per heavy atom. The fraction of sp³-hybridized carbons (Fsp3) is 0.353. The van der Waals surface area contributed by atoms with E-state index in [-0.39, 0.29) is 16.6 Å². The highest BCUT2D eigenvalue weighted by atomic mass is 16.5. The van der Waals surface area contributed by atoms with E-state index in [0.29, 0.717) is 18.8 Å². The number of nitrogens with one attached hydrogen (secondary N) is 1. The molecule has 2 heterocycles. The van der Waals surface area contributed by atoms with Crippen LogP contribution in [0.15, 0.2) is 47.4 Å². The molecule has 5 heteroatoms. The highest BCUT2D eigenvalue weighted by molar-refractivity contribution is 5.34. The van der Waals surface area contributed by atoms with Crippen molar-refractivity contribution in [1.82, 2.24) is 4.68 Å². The molecule has 0 radical (unpaired) electrons. The third-order valence-electron chi connectivity index (χ3n) is 4.02. The molecule has 1 aromatic heterocycles. The Morgan fingerprint density at radius 1 is 1.32 bits per heavy atom. The smallest absolute Gasteiger partial charge is 0.223 e. The van der Waals surface area contributed by atoms with Crippen LogP contribution in [-0.2, 0) is 6.61 Å². The van der Waals surface area contributed by atoms with E-state index in [9.17, 15) is 9.90 Å². The first-order chi connectivity index (χ1) is 10.5. The van der Waals surface area contributed by atoms with E-state index in [1.54, 1.807) is 10.9 Å². The molecule has 1 aliphatic rings. The molecule has 0 amide bonds. The summed E-state index contributed by atoms with van der Waals surface area (Å²) in [5.74, 6) is 0.208. The van der Waals surface area contributed by atoms with Crippen molar-refractivity contribution in [3.8, 4) is 5.75 Å². The minimum atomic E-state index is -0.770. The highest BCUT2D eigenvalue weighted by Gasteiger charge is 2.37. The number of pyridine rings is 1. The number of hydrogen-bond acceptors (Lipinski definition) is 4. The van der Waals surface area contributed by atoms with Gasteiger partial charge in [0.2, 0.25) is 5.43 Å². The summed E-state index contributed by atoms with van der Waals surface area (Å²) in [5, 5.41) is 10.6. The third-order valence-corrected chi connectivity index (χ3v) is 4.02. The Morgan fingerprint density at radius 3 is 2.77 bits per heavy atom. The second-order valence-electron chi connectivity index (χ2n) is 6.26. The van der Waals surface area contributed by atoms with Gasteiger partial charge < -0.3 is 15.3 Å². The zero-order chi connectivity index (χ0) is 15.7. The van der Waals surface area contributed by atoms with Crippen LogP contribution < -0.4 is 15.6 Å². The van der Waals surface area contributed by atoms with E-state index < -0.39 is 6.10 Å². The molecule has 0 bridgehead atoms. The van der Waals surface area contributed by atoms with Gasteiger partial charge in [0.1, 0.15) is 18.4 Å². The lowest BCUT2D eigenvalue weighted by Crippen LogP contribution is -2.42. The number of ether oxygens (including phenoxy) is 1. The van der Waals surface area contributed by atoms with E-state index in [0.717, 1.165) is 5.56 Å². The van der Waals surface area contributed by atoms with Crippen molar-refractivity contribution in [3.63, 3.8) is 0 Å². The van der Waals surface area contributed by atoms with Crippen LogP contribution in [0.2, 0.25) is 0 Å². The lowest BCUT2D eigenvalue weighted by molar-refractivity contribution is 0.0351. The van der Waals surface area contributed by atoms with Gasteiger partial charge in [0.15, 0.2) is 5.75 Å². The molecule has 1 unspecified atom stereocenters. The van der Waals surface area contributed by atoms with Crippen molar-refractivity contribution in [3.05, 3.63) is 64.1 Å². The first-order valence-electron chi connectivity index (χ1n) is 7.33. The fourth-order valence-electron chi connectivity index (χ4n) is 2.56. The molecule has 0 spiro atoms. The maximum atomic E-state index is 12.2. The molecule has 0 fully saturated rings. The van der Waals surface area contributed by atoms with E-state index in [1.165, 1.54) is 6.07 Å². The molecule has 5 nitrogen and oxygen atoms in total. The van der Waals surface area contributed by atoms with Crippen LogP contribution in [0.5, 0.6) is 5.75 Å². The van der Waals surface area contributed by atoms with Crippen molar-refractivity contribution in [2.24, 2.45) is 5.41 Å². The first-order valence-corrected chi connectivity index (χ1v) is 7.33. The normalized spacial score (nSPS) is 19.1. The number of aliphatic hydroxyl groups is 1. The largest absolute Gasteiger partial charge is 0.483 e. The predicted molar refractivity (Wildman–Crippen MR) is 84.4 cm³/mol. The lowest BCUT2D eigenvalue weighted by atomic mass is 9.83. The number of aromatic nitrogens is 1. The number of hydrogen-bond donors (Lipinski definition) is 2. The van der Waals surface area contributed by atoms with Crippen LogP contribution in [0.3, 0.4) is 0 Å². The zero-order valence-electron chi connectivity index (χ0n) is 12.7. The summed E-state index contributed by atoms with van der Waals surface area (Å²) in [6, 6.07) is 11.1. The molecular formula is C17H20N2O3. The minimum absolute atomic E-state index is 0.208. The molecule has 1 aromatic carbocycles. The van der Waals surface area contributed by atoms with Gasteiger partial charge in [-0.1, -0.05) is 44.2 Å². The van der Waals surface area contributed by atoms with E-state index in [1.807, 2.05) is 44.2 Å². The summed E-state index contributed by atoms with van der Waals surface area (Å²) in [5.41, 5.74) is 4.05. The fourth-order valence-corrected chi connectivity index (χ4v) is 2.56. The monoisotopic (exact) mass is 300 g/mol. The van der Waals surface area contributed by atoms with Gasteiger partial charge in [-0.05, 0) is 5.56 Å². The van der Waals surface area contributed by atoms with Crippen molar-refractivity contribution in [2.45, 2.75) is 26.6 Å². The quantitative estimate of drug-likeness (QED) is 0.910. The van der Waals surface area contributed by atoms with Gasteiger partial charge in [0.25, 0.3) is 0 Å². The molecular weight excluding hydrogens is 280 g/mol. The van der Waals surface area contributed by atoms with Crippen molar-refractivity contribution < 1.29 is 9.84 Å². The van der Waals surface area contributed by atoms with Crippen LogP contribution in [0, 0.1) is 5.41 Å². The second kappa shape index (κ2) is 5.50. The maximum Gasteiger partial charge on any atom is 0.223 e. The first kappa shape index (κ1) is 14.7. The van der Waals surface area contributed by atoms with Crippen LogP contribution in [0.4, 0.5) is 0 Å². The zero-order valence-corrected chi connectivity index (χ0v) is 12.7. The Hall–Kier alpha value is -2.27. The summed E-state index contributed by atoms with van der Waals surface area (Å²) < 4.78 is 7.43. The van der Waals surface area contributed by atoms with Gasteiger partial charge in [-0.15, -0.1) is 0 Å². The summed E-state index contributed by atoms with van der Waals surface area (Å²) in [6.45, 7) is 4.81. The molecule has 116 valence electrons. The Bertz CT molecular complexity index is 722. The Kier molecular flexibility index (Phi) is 3.66. The Balaban J connectivity index is 1.96. The summed E-state index contributed by atoms with van der Waals surface area (Å²) >= 11 is 0. The molecule has 2 aromatic rings. The van der Waals surface area contributed by atoms with Gasteiger partial charge in [-0.25, -0.2) is 0 Å². The lowest BCUT2D eigenvalue weighted by Gasteiger charge is -2.38. The second-order valence-corrected chi connectivity index (χ2v) is 6.26. The number of fused-ring (bicyclic) bond motifs is 1. The number of benzene rings is 1. The SMILES string of the molecule is CC1(C)CNn2ccc(=O)c(OCc3ccccc3)c2C1O. The average Bonchev–Trinajstić information content (AvgIpc) is 2.51. The summed E-state index contributed by atoms with van der Waals surface area (Å²) in [7, 11) is 0. The van der Waals surface area contributed by atoms with Gasteiger partial charge in [0.05, 0.1) is 0 Å². The van der Waals surface area contributed by atoms with Gasteiger partial charge >= 0.3 is 0 Å². The standard InChI is InChI=1S/C17H20N2O3/c1-17(2)11-18-19-9-8-13(20)15(14(19)16(17)21)22-10-12-6-4-3-5-7-12/h3-9,16,18,21H,10-11H2,1-2H3. The van der Waals surface area contributed by atoms with Crippen LogP contribution in [0.25, 0.3) is 0 Å². The van der Waals surface area contributed by atoms with E-state index in [4.69, 9.17) is 4.74 Å². The van der Waals surface area contributed by atoms with Crippen LogP contribution >= 0.6 is 0 Å². The average molecular weight is 300 g/mol. The summed E-state index contributed by atoms with van der Waals surface area (Å²) in [6.07, 6.45) is 0.860. The van der Waals surface area contributed by atoms with Crippen molar-refractivity contribution >= 4 is 0 Å². The molecule has 1 atom stereocenters. The van der Waals surface area contributed by atoms with Crippen molar-refractivity contribution in [1.29, 1.82) is 0 Å². The highest BCUT2D eigenvalue weighted by Crippen LogP contribution is 2.38. The van der Waals surface area contributed by atoms with Crippen molar-refractivity contribution in [2.75, 3.05) is 12.0 Å². The predicted octanol–water partition coefficient (Wildman–Crippen LogP) is 2.04. The van der Waals surface area contributed by atoms with Crippen LogP contribution in [0.1, 0.15) is 31.2 Å². The van der Waals surface area contributed by atoms with Gasteiger partial charge in [-0.3, -0.25) is 9.47 Å². The van der Waals surface area contributed by atoms with Crippen LogP contribution in [-0.4, -0.2) is 16.3 Å². The van der Waals surface area contributed by atoms with E-state index >= 15 is 0 Å². The van der Waals surface area contributed by atoms with Gasteiger partial charge in [0, 0.05) is 24.2 Å². The molecule has 3 rings (SSSR count). The third kappa shape index (κ3) is 2.60. The molecule has 1 aliphatic heterocycles. The maximum absolute atomic E-state index is 12.2. The Labute approximate surface area is 129 Å². The number of nitrogens with zero attached hydrogens (tertiary/aromatic N) is 1. The topological polar surface area (TPSA) is 63.5 Å². The minimum Gasteiger partial charge on any atom is -0.483 e. The van der Waals surface area contributed by atoms with E-state index in [2.05, 4.69) is 5.43 Å². The number of aliphatic hydroxyl groups excluding tert-OH is 1. The summed E-state index contributed by atoms with van der Waals surface area (Å²) in [4.78, 5) is 12.2.